The standard InChI is InChI=1S/C24H23Cl2N3/c25-23-6-5-19(15-24(23)26)22-4-2-1-3-20(22)17-29-13-9-21(10-14-29)28-16-18-7-11-27-12-8-18/h1-8,11-12,15-16,21H,9-10,13-14,17H2. The van der Waals surface area contributed by atoms with Gasteiger partial charge < -0.3 is 0 Å². The molecule has 2 aromatic carbocycles. The molecule has 2 heterocycles. The molecule has 0 saturated carbocycles. The molecule has 0 radical (unpaired) electrons. The lowest BCUT2D eigenvalue weighted by Gasteiger charge is -2.30. The van der Waals surface area contributed by atoms with E-state index in [4.69, 9.17) is 28.2 Å². The Morgan fingerprint density at radius 2 is 1.72 bits per heavy atom. The average molecular weight is 424 g/mol. The minimum Gasteiger partial charge on any atom is -0.299 e. The highest BCUT2D eigenvalue weighted by Gasteiger charge is 2.19. The molecule has 5 heteroatoms. The van der Waals surface area contributed by atoms with Gasteiger partial charge in [0.2, 0.25) is 0 Å². The molecule has 1 aliphatic rings. The summed E-state index contributed by atoms with van der Waals surface area (Å²) in [5.74, 6) is 0. The van der Waals surface area contributed by atoms with Crippen molar-refractivity contribution in [3.8, 4) is 11.1 Å². The molecule has 3 nitrogen and oxygen atoms in total. The Labute approximate surface area is 182 Å². The molecule has 0 spiro atoms. The maximum atomic E-state index is 6.24. The van der Waals surface area contributed by atoms with Gasteiger partial charge in [0.1, 0.15) is 0 Å². The van der Waals surface area contributed by atoms with Crippen LogP contribution in [0.15, 0.2) is 72.0 Å². The lowest BCUT2D eigenvalue weighted by molar-refractivity contribution is 0.207. The zero-order chi connectivity index (χ0) is 20.1. The molecule has 1 fully saturated rings. The number of halogens is 2. The summed E-state index contributed by atoms with van der Waals surface area (Å²) >= 11 is 12.3. The van der Waals surface area contributed by atoms with E-state index < -0.39 is 0 Å². The van der Waals surface area contributed by atoms with Crippen LogP contribution in [0.4, 0.5) is 0 Å². The number of likely N-dealkylation sites (tertiary alicyclic amines) is 1. The number of rotatable bonds is 5. The second-order valence-electron chi connectivity index (χ2n) is 7.35. The Morgan fingerprint density at radius 1 is 0.966 bits per heavy atom. The van der Waals surface area contributed by atoms with E-state index in [2.05, 4.69) is 34.1 Å². The van der Waals surface area contributed by atoms with Crippen molar-refractivity contribution >= 4 is 29.4 Å². The van der Waals surface area contributed by atoms with Gasteiger partial charge in [-0.1, -0.05) is 53.5 Å². The zero-order valence-electron chi connectivity index (χ0n) is 16.1. The smallest absolute Gasteiger partial charge is 0.0598 e. The molecule has 4 rings (SSSR count). The summed E-state index contributed by atoms with van der Waals surface area (Å²) in [5, 5.41) is 1.18. The van der Waals surface area contributed by atoms with Crippen LogP contribution in [0.3, 0.4) is 0 Å². The van der Waals surface area contributed by atoms with Crippen molar-refractivity contribution in [2.75, 3.05) is 13.1 Å². The van der Waals surface area contributed by atoms with E-state index in [1.54, 1.807) is 12.4 Å². The lowest BCUT2D eigenvalue weighted by atomic mass is 9.98. The van der Waals surface area contributed by atoms with Crippen molar-refractivity contribution in [2.45, 2.75) is 25.4 Å². The van der Waals surface area contributed by atoms with Crippen molar-refractivity contribution in [3.05, 3.63) is 88.2 Å². The molecule has 1 aromatic heterocycles. The van der Waals surface area contributed by atoms with Crippen LogP contribution in [0.1, 0.15) is 24.0 Å². The first-order valence-corrected chi connectivity index (χ1v) is 10.6. The quantitative estimate of drug-likeness (QED) is 0.461. The van der Waals surface area contributed by atoms with Gasteiger partial charge in [-0.3, -0.25) is 14.9 Å². The second kappa shape index (κ2) is 9.53. The molecule has 0 unspecified atom stereocenters. The molecule has 29 heavy (non-hydrogen) atoms. The third kappa shape index (κ3) is 5.24. The van der Waals surface area contributed by atoms with Crippen LogP contribution in [-0.2, 0) is 6.54 Å². The topological polar surface area (TPSA) is 28.5 Å². The van der Waals surface area contributed by atoms with Crippen LogP contribution in [0.5, 0.6) is 0 Å². The number of pyridine rings is 1. The molecule has 3 aromatic rings. The Kier molecular flexibility index (Phi) is 6.60. The molecule has 0 N–H and O–H groups in total. The van der Waals surface area contributed by atoms with Crippen molar-refractivity contribution in [2.24, 2.45) is 4.99 Å². The SMILES string of the molecule is Clc1ccc(-c2ccccc2CN2CCC(N=Cc3ccncc3)CC2)cc1Cl. The molecular weight excluding hydrogens is 401 g/mol. The van der Waals surface area contributed by atoms with E-state index in [0.29, 0.717) is 16.1 Å². The van der Waals surface area contributed by atoms with Crippen molar-refractivity contribution in [1.29, 1.82) is 0 Å². The predicted octanol–water partition coefficient (Wildman–Crippen LogP) is 6.14. The van der Waals surface area contributed by atoms with Crippen LogP contribution in [0.25, 0.3) is 11.1 Å². The summed E-state index contributed by atoms with van der Waals surface area (Å²) in [6.45, 7) is 3.03. The van der Waals surface area contributed by atoms with Gasteiger partial charge in [-0.15, -0.1) is 0 Å². The summed E-state index contributed by atoms with van der Waals surface area (Å²) in [5.41, 5.74) is 4.73. The first-order chi connectivity index (χ1) is 14.2. The Bertz CT molecular complexity index is 980. The number of hydrogen-bond donors (Lipinski definition) is 0. The molecule has 148 valence electrons. The fraction of sp³-hybridized carbons (Fsp3) is 0.250. The van der Waals surface area contributed by atoms with Crippen LogP contribution < -0.4 is 0 Å². The van der Waals surface area contributed by atoms with Crippen LogP contribution in [0, 0.1) is 0 Å². The number of aromatic nitrogens is 1. The molecule has 0 aliphatic carbocycles. The minimum absolute atomic E-state index is 0.393. The molecule has 1 saturated heterocycles. The maximum absolute atomic E-state index is 6.24. The normalized spacial score (nSPS) is 15.8. The van der Waals surface area contributed by atoms with Gasteiger partial charge in [0, 0.05) is 38.2 Å². The fourth-order valence-corrected chi connectivity index (χ4v) is 4.01. The molecule has 0 bridgehead atoms. The van der Waals surface area contributed by atoms with Gasteiger partial charge in [0.25, 0.3) is 0 Å². The maximum Gasteiger partial charge on any atom is 0.0598 e. The highest BCUT2D eigenvalue weighted by atomic mass is 35.5. The van der Waals surface area contributed by atoms with Crippen LogP contribution >= 0.6 is 23.2 Å². The van der Waals surface area contributed by atoms with Crippen LogP contribution in [-0.4, -0.2) is 35.2 Å². The number of piperidine rings is 1. The summed E-state index contributed by atoms with van der Waals surface area (Å²) in [6.07, 6.45) is 7.74. The third-order valence-electron chi connectivity index (χ3n) is 5.34. The Morgan fingerprint density at radius 3 is 2.48 bits per heavy atom. The summed E-state index contributed by atoms with van der Waals surface area (Å²) < 4.78 is 0. The Balaban J connectivity index is 1.40. The summed E-state index contributed by atoms with van der Waals surface area (Å²) in [4.78, 5) is 11.3. The number of hydrogen-bond acceptors (Lipinski definition) is 3. The lowest BCUT2D eigenvalue weighted by Crippen LogP contribution is -2.35. The summed E-state index contributed by atoms with van der Waals surface area (Å²) in [7, 11) is 0. The van der Waals surface area contributed by atoms with Gasteiger partial charge >= 0.3 is 0 Å². The zero-order valence-corrected chi connectivity index (χ0v) is 17.7. The fourth-order valence-electron chi connectivity index (χ4n) is 3.71. The van der Waals surface area contributed by atoms with Gasteiger partial charge in [0.15, 0.2) is 0 Å². The predicted molar refractivity (Wildman–Crippen MR) is 122 cm³/mol. The minimum atomic E-state index is 0.393. The van der Waals surface area contributed by atoms with E-state index >= 15 is 0 Å². The van der Waals surface area contributed by atoms with Gasteiger partial charge in [0.05, 0.1) is 16.1 Å². The molecule has 0 atom stereocenters. The first-order valence-electron chi connectivity index (χ1n) is 9.88. The highest BCUT2D eigenvalue weighted by Crippen LogP contribution is 2.31. The van der Waals surface area contributed by atoms with Gasteiger partial charge in [-0.25, -0.2) is 0 Å². The van der Waals surface area contributed by atoms with Crippen molar-refractivity contribution in [3.63, 3.8) is 0 Å². The number of nitrogens with zero attached hydrogens (tertiary/aromatic N) is 3. The number of benzene rings is 2. The van der Waals surface area contributed by atoms with Crippen LogP contribution in [0.2, 0.25) is 10.0 Å². The van der Waals surface area contributed by atoms with E-state index in [9.17, 15) is 0 Å². The number of aliphatic imine (C=N–C) groups is 1. The van der Waals surface area contributed by atoms with E-state index in [1.165, 1.54) is 11.1 Å². The Hall–Kier alpha value is -2.20. The van der Waals surface area contributed by atoms with E-state index in [-0.39, 0.29) is 0 Å². The van der Waals surface area contributed by atoms with E-state index in [0.717, 1.165) is 43.6 Å². The monoisotopic (exact) mass is 423 g/mol. The largest absolute Gasteiger partial charge is 0.299 e. The summed E-state index contributed by atoms with van der Waals surface area (Å²) in [6, 6.07) is 18.7. The third-order valence-corrected chi connectivity index (χ3v) is 6.08. The molecule has 1 aliphatic heterocycles. The van der Waals surface area contributed by atoms with Crippen molar-refractivity contribution in [1.82, 2.24) is 9.88 Å². The van der Waals surface area contributed by atoms with E-state index in [1.807, 2.05) is 36.5 Å². The van der Waals surface area contributed by atoms with Gasteiger partial charge in [-0.05, 0) is 59.4 Å². The molecule has 0 amide bonds. The second-order valence-corrected chi connectivity index (χ2v) is 8.17. The van der Waals surface area contributed by atoms with Crippen molar-refractivity contribution < 1.29 is 0 Å². The van der Waals surface area contributed by atoms with Gasteiger partial charge in [-0.2, -0.15) is 0 Å². The molecular formula is C24H23Cl2N3. The average Bonchev–Trinajstić information content (AvgIpc) is 2.76. The highest BCUT2D eigenvalue weighted by molar-refractivity contribution is 6.42. The first kappa shape index (κ1) is 20.1.